The van der Waals surface area contributed by atoms with E-state index in [0.717, 1.165) is 26.4 Å². The molecule has 0 atom stereocenters. The van der Waals surface area contributed by atoms with E-state index in [1.54, 1.807) is 6.20 Å². The number of hydrogen-bond acceptors (Lipinski definition) is 3. The minimum absolute atomic E-state index is 0.00725. The number of carbonyl (C=O) groups is 1. The molecular weight excluding hydrogens is 398 g/mol. The van der Waals surface area contributed by atoms with Gasteiger partial charge >= 0.3 is 0 Å². The highest BCUT2D eigenvalue weighted by atomic mass is 79.9. The van der Waals surface area contributed by atoms with Crippen LogP contribution in [0.5, 0.6) is 0 Å². The summed E-state index contributed by atoms with van der Waals surface area (Å²) in [6.07, 6.45) is 1.79. The molecule has 0 bridgehead atoms. The first-order chi connectivity index (χ1) is 12.1. The zero-order valence-electron chi connectivity index (χ0n) is 13.8. The number of halogens is 1. The van der Waals surface area contributed by atoms with Gasteiger partial charge in [-0.1, -0.05) is 69.7 Å². The molecule has 3 aromatic rings. The molecule has 128 valence electrons. The smallest absolute Gasteiger partial charge is 0.230 e. The Morgan fingerprint density at radius 1 is 1.16 bits per heavy atom. The minimum Gasteiger partial charge on any atom is -0.351 e. The van der Waals surface area contributed by atoms with E-state index in [0.29, 0.717) is 12.3 Å². The van der Waals surface area contributed by atoms with Crippen LogP contribution >= 0.6 is 27.7 Å². The van der Waals surface area contributed by atoms with E-state index in [1.807, 2.05) is 55.5 Å². The van der Waals surface area contributed by atoms with E-state index >= 15 is 0 Å². The molecule has 0 radical (unpaired) electrons. The molecule has 3 rings (SSSR count). The van der Waals surface area contributed by atoms with Gasteiger partial charge in [0.25, 0.3) is 0 Å². The molecule has 0 aliphatic heterocycles. The van der Waals surface area contributed by atoms with Crippen molar-refractivity contribution in [2.24, 2.45) is 0 Å². The molecule has 0 saturated heterocycles. The van der Waals surface area contributed by atoms with Gasteiger partial charge in [0.15, 0.2) is 5.16 Å². The fourth-order valence-corrected chi connectivity index (χ4v) is 3.19. The van der Waals surface area contributed by atoms with Crippen molar-refractivity contribution in [1.82, 2.24) is 15.3 Å². The molecule has 1 amide bonds. The second-order valence-electron chi connectivity index (χ2n) is 5.66. The van der Waals surface area contributed by atoms with Gasteiger partial charge in [0.2, 0.25) is 5.91 Å². The van der Waals surface area contributed by atoms with Crippen LogP contribution in [-0.4, -0.2) is 21.6 Å². The van der Waals surface area contributed by atoms with Crippen molar-refractivity contribution in [3.8, 4) is 11.3 Å². The van der Waals surface area contributed by atoms with Crippen molar-refractivity contribution in [2.75, 3.05) is 5.75 Å². The largest absolute Gasteiger partial charge is 0.351 e. The predicted octanol–water partition coefficient (Wildman–Crippen LogP) is 4.56. The summed E-state index contributed by atoms with van der Waals surface area (Å²) in [6, 6.07) is 16.1. The summed E-state index contributed by atoms with van der Waals surface area (Å²) in [4.78, 5) is 19.6. The Morgan fingerprint density at radius 3 is 2.60 bits per heavy atom. The van der Waals surface area contributed by atoms with Crippen LogP contribution in [0.4, 0.5) is 0 Å². The third-order valence-corrected chi connectivity index (χ3v) is 5.07. The van der Waals surface area contributed by atoms with Crippen molar-refractivity contribution >= 4 is 33.6 Å². The maximum atomic E-state index is 12.0. The summed E-state index contributed by atoms with van der Waals surface area (Å²) >= 11 is 4.82. The topological polar surface area (TPSA) is 57.8 Å². The summed E-state index contributed by atoms with van der Waals surface area (Å²) in [5, 5.41) is 3.67. The van der Waals surface area contributed by atoms with Gasteiger partial charge < -0.3 is 10.3 Å². The molecule has 4 nitrogen and oxygen atoms in total. The summed E-state index contributed by atoms with van der Waals surface area (Å²) in [5.74, 6) is 0.325. The quantitative estimate of drug-likeness (QED) is 0.580. The fourth-order valence-electron chi connectivity index (χ4n) is 2.24. The van der Waals surface area contributed by atoms with Crippen LogP contribution in [0.1, 0.15) is 11.1 Å². The molecule has 6 heteroatoms. The van der Waals surface area contributed by atoms with Gasteiger partial charge in [0, 0.05) is 11.0 Å². The number of thioether (sulfide) groups is 1. The number of benzene rings is 2. The third kappa shape index (κ3) is 5.21. The predicted molar refractivity (Wildman–Crippen MR) is 105 cm³/mol. The molecule has 0 saturated carbocycles. The summed E-state index contributed by atoms with van der Waals surface area (Å²) < 4.78 is 1.04. The Morgan fingerprint density at radius 2 is 1.88 bits per heavy atom. The number of aromatic amines is 1. The molecule has 0 aliphatic carbocycles. The zero-order chi connectivity index (χ0) is 17.6. The van der Waals surface area contributed by atoms with Gasteiger partial charge in [-0.3, -0.25) is 4.79 Å². The zero-order valence-corrected chi connectivity index (χ0v) is 16.2. The van der Waals surface area contributed by atoms with Gasteiger partial charge in [-0.25, -0.2) is 4.98 Å². The molecule has 0 spiro atoms. The van der Waals surface area contributed by atoms with Gasteiger partial charge in [-0.15, -0.1) is 0 Å². The molecule has 25 heavy (non-hydrogen) atoms. The molecule has 0 aliphatic rings. The van der Waals surface area contributed by atoms with Gasteiger partial charge in [0.05, 0.1) is 17.6 Å². The molecule has 2 aromatic carbocycles. The Balaban J connectivity index is 1.49. The number of aromatic nitrogens is 2. The van der Waals surface area contributed by atoms with Crippen LogP contribution in [0.25, 0.3) is 11.3 Å². The van der Waals surface area contributed by atoms with Gasteiger partial charge in [-0.05, 0) is 30.2 Å². The number of amides is 1. The van der Waals surface area contributed by atoms with Crippen LogP contribution in [0.2, 0.25) is 0 Å². The second kappa shape index (κ2) is 8.36. The van der Waals surface area contributed by atoms with E-state index in [1.165, 1.54) is 17.3 Å². The molecule has 0 unspecified atom stereocenters. The highest BCUT2D eigenvalue weighted by Gasteiger charge is 2.07. The first kappa shape index (κ1) is 17.8. The second-order valence-corrected chi connectivity index (χ2v) is 7.54. The number of aryl methyl sites for hydroxylation is 1. The Labute approximate surface area is 159 Å². The van der Waals surface area contributed by atoms with Crippen molar-refractivity contribution in [1.29, 1.82) is 0 Å². The van der Waals surface area contributed by atoms with Crippen molar-refractivity contribution in [3.63, 3.8) is 0 Å². The maximum Gasteiger partial charge on any atom is 0.230 e. The standard InChI is InChI=1S/C19H18BrN3OS/c1-13-2-4-14(5-3-13)10-21-18(24)12-25-19-22-11-17(23-19)15-6-8-16(20)9-7-15/h2-9,11H,10,12H2,1H3,(H,21,24)(H,22,23). The molecule has 2 N–H and O–H groups in total. The van der Waals surface area contributed by atoms with E-state index < -0.39 is 0 Å². The number of nitrogens with one attached hydrogen (secondary N) is 2. The number of imidazole rings is 1. The lowest BCUT2D eigenvalue weighted by atomic mass is 10.1. The van der Waals surface area contributed by atoms with Crippen molar-refractivity contribution in [2.45, 2.75) is 18.6 Å². The lowest BCUT2D eigenvalue weighted by molar-refractivity contribution is -0.118. The number of nitrogens with zero attached hydrogens (tertiary/aromatic N) is 1. The highest BCUT2D eigenvalue weighted by Crippen LogP contribution is 2.23. The van der Waals surface area contributed by atoms with Crippen LogP contribution in [0, 0.1) is 6.92 Å². The normalized spacial score (nSPS) is 10.6. The first-order valence-corrected chi connectivity index (χ1v) is 9.64. The minimum atomic E-state index is -0.00725. The third-order valence-electron chi connectivity index (χ3n) is 3.66. The lowest BCUT2D eigenvalue weighted by Crippen LogP contribution is -2.24. The monoisotopic (exact) mass is 415 g/mol. The number of carbonyl (C=O) groups excluding carboxylic acids is 1. The highest BCUT2D eigenvalue weighted by molar-refractivity contribution is 9.10. The van der Waals surface area contributed by atoms with Gasteiger partial charge in [0.1, 0.15) is 0 Å². The molecule has 0 fully saturated rings. The number of H-pyrrole nitrogens is 1. The summed E-state index contributed by atoms with van der Waals surface area (Å²) in [6.45, 7) is 2.59. The Kier molecular flexibility index (Phi) is 5.94. The SMILES string of the molecule is Cc1ccc(CNC(=O)CSc2ncc(-c3ccc(Br)cc3)[nH]2)cc1. The molecular formula is C19H18BrN3OS. The van der Waals surface area contributed by atoms with Crippen LogP contribution < -0.4 is 5.32 Å². The summed E-state index contributed by atoms with van der Waals surface area (Å²) in [7, 11) is 0. The average Bonchev–Trinajstić information content (AvgIpc) is 3.09. The molecule has 1 aromatic heterocycles. The Hall–Kier alpha value is -2.05. The average molecular weight is 416 g/mol. The van der Waals surface area contributed by atoms with Crippen LogP contribution in [0.15, 0.2) is 64.4 Å². The van der Waals surface area contributed by atoms with E-state index in [9.17, 15) is 4.79 Å². The lowest BCUT2D eigenvalue weighted by Gasteiger charge is -2.05. The van der Waals surface area contributed by atoms with Crippen molar-refractivity contribution in [3.05, 3.63) is 70.3 Å². The van der Waals surface area contributed by atoms with E-state index in [2.05, 4.69) is 31.2 Å². The number of rotatable bonds is 6. The number of hydrogen-bond donors (Lipinski definition) is 2. The van der Waals surface area contributed by atoms with E-state index in [-0.39, 0.29) is 5.91 Å². The van der Waals surface area contributed by atoms with Crippen molar-refractivity contribution < 1.29 is 4.79 Å². The first-order valence-electron chi connectivity index (χ1n) is 7.86. The summed E-state index contributed by atoms with van der Waals surface area (Å²) in [5.41, 5.74) is 4.31. The van der Waals surface area contributed by atoms with Crippen LogP contribution in [-0.2, 0) is 11.3 Å². The van der Waals surface area contributed by atoms with E-state index in [4.69, 9.17) is 0 Å². The Bertz CT molecular complexity index is 844. The van der Waals surface area contributed by atoms with Gasteiger partial charge in [-0.2, -0.15) is 0 Å². The fraction of sp³-hybridized carbons (Fsp3) is 0.158. The maximum absolute atomic E-state index is 12.0. The van der Waals surface area contributed by atoms with Crippen LogP contribution in [0.3, 0.4) is 0 Å². The molecule has 1 heterocycles.